The van der Waals surface area contributed by atoms with E-state index in [9.17, 15) is 14.7 Å². The first-order valence-corrected chi connectivity index (χ1v) is 7.96. The van der Waals surface area contributed by atoms with Crippen LogP contribution in [0, 0.1) is 19.8 Å². The Hall–Kier alpha value is -2.69. The first kappa shape index (κ1) is 16.2. The largest absolute Gasteiger partial charge is 0.481 e. The van der Waals surface area contributed by atoms with Gasteiger partial charge in [-0.1, -0.05) is 24.3 Å². The molecule has 1 amide bonds. The number of nitrogens with zero attached hydrogens (tertiary/aromatic N) is 2. The van der Waals surface area contributed by atoms with Gasteiger partial charge in [-0.15, -0.1) is 0 Å². The molecule has 5 heteroatoms. The summed E-state index contributed by atoms with van der Waals surface area (Å²) < 4.78 is 0. The van der Waals surface area contributed by atoms with Gasteiger partial charge in [0, 0.05) is 25.4 Å². The Balaban J connectivity index is 2.03. The van der Waals surface area contributed by atoms with Gasteiger partial charge in [0.2, 0.25) is 5.91 Å². The van der Waals surface area contributed by atoms with Crippen molar-refractivity contribution in [3.63, 3.8) is 0 Å². The van der Waals surface area contributed by atoms with Crippen molar-refractivity contribution in [3.05, 3.63) is 65.0 Å². The van der Waals surface area contributed by atoms with Crippen molar-refractivity contribution in [2.75, 3.05) is 0 Å². The van der Waals surface area contributed by atoms with E-state index in [-0.39, 0.29) is 12.3 Å². The number of hydrogen-bond donors (Lipinski definition) is 1. The zero-order valence-corrected chi connectivity index (χ0v) is 13.8. The van der Waals surface area contributed by atoms with Gasteiger partial charge in [-0.05, 0) is 42.2 Å². The number of carboxylic acid groups (broad SMARTS) is 1. The molecule has 1 N–H and O–H groups in total. The monoisotopic (exact) mass is 324 g/mol. The molecule has 1 aliphatic heterocycles. The molecule has 1 fully saturated rings. The van der Waals surface area contributed by atoms with Crippen LogP contribution >= 0.6 is 0 Å². The highest BCUT2D eigenvalue weighted by Crippen LogP contribution is 2.41. The van der Waals surface area contributed by atoms with Crippen LogP contribution in [0.5, 0.6) is 0 Å². The number of likely N-dealkylation sites (tertiary alicyclic amines) is 1. The smallest absolute Gasteiger partial charge is 0.309 e. The number of hydrogen-bond acceptors (Lipinski definition) is 3. The summed E-state index contributed by atoms with van der Waals surface area (Å²) in [5.41, 5.74) is 3.95. The predicted molar refractivity (Wildman–Crippen MR) is 89.2 cm³/mol. The summed E-state index contributed by atoms with van der Waals surface area (Å²) in [6.45, 7) is 4.35. The van der Waals surface area contributed by atoms with Gasteiger partial charge in [0.25, 0.3) is 0 Å². The maximum Gasteiger partial charge on any atom is 0.309 e. The summed E-state index contributed by atoms with van der Waals surface area (Å²) in [4.78, 5) is 30.0. The Morgan fingerprint density at radius 3 is 2.75 bits per heavy atom. The van der Waals surface area contributed by atoms with Gasteiger partial charge in [-0.25, -0.2) is 0 Å². The number of benzene rings is 1. The van der Waals surface area contributed by atoms with Crippen molar-refractivity contribution in [2.24, 2.45) is 5.92 Å². The minimum absolute atomic E-state index is 0.0354. The van der Waals surface area contributed by atoms with Crippen LogP contribution in [-0.4, -0.2) is 26.9 Å². The number of amides is 1. The predicted octanol–water partition coefficient (Wildman–Crippen LogP) is 2.87. The second-order valence-corrected chi connectivity index (χ2v) is 6.27. The summed E-state index contributed by atoms with van der Waals surface area (Å²) in [5.74, 6) is -1.78. The molecule has 0 aliphatic carbocycles. The van der Waals surface area contributed by atoms with Crippen LogP contribution in [-0.2, 0) is 16.1 Å². The van der Waals surface area contributed by atoms with Crippen molar-refractivity contribution in [2.45, 2.75) is 32.9 Å². The van der Waals surface area contributed by atoms with E-state index in [1.54, 1.807) is 17.3 Å². The standard InChI is InChI=1S/C19H20N2O3/c1-12-5-3-7-15(13(12)2)18-16(19(23)24)9-17(22)21(18)11-14-6-4-8-20-10-14/h3-8,10,16,18H,9,11H2,1-2H3,(H,23,24)/t16-,18-/m1/s1. The van der Waals surface area contributed by atoms with Crippen LogP contribution in [0.15, 0.2) is 42.7 Å². The summed E-state index contributed by atoms with van der Waals surface area (Å²) in [5, 5.41) is 9.62. The van der Waals surface area contributed by atoms with Gasteiger partial charge >= 0.3 is 5.97 Å². The van der Waals surface area contributed by atoms with Crippen LogP contribution in [0.3, 0.4) is 0 Å². The highest BCUT2D eigenvalue weighted by molar-refractivity contribution is 5.87. The second-order valence-electron chi connectivity index (χ2n) is 6.27. The quantitative estimate of drug-likeness (QED) is 0.939. The fourth-order valence-electron chi connectivity index (χ4n) is 3.37. The molecule has 0 saturated carbocycles. The van der Waals surface area contributed by atoms with Crippen molar-refractivity contribution < 1.29 is 14.7 Å². The van der Waals surface area contributed by atoms with Crippen molar-refractivity contribution in [1.82, 2.24) is 9.88 Å². The average Bonchev–Trinajstić information content (AvgIpc) is 2.88. The Morgan fingerprint density at radius 2 is 2.08 bits per heavy atom. The number of aryl methyl sites for hydroxylation is 1. The molecule has 1 aromatic heterocycles. The number of rotatable bonds is 4. The SMILES string of the molecule is Cc1cccc([C@@H]2[C@H](C(=O)O)CC(=O)N2Cc2cccnc2)c1C. The topological polar surface area (TPSA) is 70.5 Å². The van der Waals surface area contributed by atoms with Gasteiger partial charge in [-0.2, -0.15) is 0 Å². The fourth-order valence-corrected chi connectivity index (χ4v) is 3.37. The normalized spacial score (nSPS) is 20.4. The number of carboxylic acids is 1. The molecule has 0 bridgehead atoms. The molecule has 2 heterocycles. The molecule has 1 aromatic carbocycles. The van der Waals surface area contributed by atoms with Crippen molar-refractivity contribution in [3.8, 4) is 0 Å². The third-order valence-electron chi connectivity index (χ3n) is 4.79. The second kappa shape index (κ2) is 6.43. The van der Waals surface area contributed by atoms with Crippen LogP contribution in [0.2, 0.25) is 0 Å². The van der Waals surface area contributed by atoms with E-state index < -0.39 is 17.9 Å². The van der Waals surface area contributed by atoms with Gasteiger partial charge in [0.1, 0.15) is 0 Å². The molecular formula is C19H20N2O3. The molecule has 0 unspecified atom stereocenters. The van der Waals surface area contributed by atoms with Crippen molar-refractivity contribution >= 4 is 11.9 Å². The maximum absolute atomic E-state index is 12.5. The summed E-state index contributed by atoms with van der Waals surface area (Å²) in [7, 11) is 0. The van der Waals surface area contributed by atoms with E-state index in [0.717, 1.165) is 22.3 Å². The third-order valence-corrected chi connectivity index (χ3v) is 4.79. The molecule has 1 aliphatic rings. The van der Waals surface area contributed by atoms with Gasteiger partial charge in [0.15, 0.2) is 0 Å². The van der Waals surface area contributed by atoms with Crippen molar-refractivity contribution in [1.29, 1.82) is 0 Å². The van der Waals surface area contributed by atoms with E-state index in [4.69, 9.17) is 0 Å². The van der Waals surface area contributed by atoms with Crippen LogP contribution in [0.1, 0.15) is 34.7 Å². The lowest BCUT2D eigenvalue weighted by atomic mass is 9.89. The first-order chi connectivity index (χ1) is 11.5. The van der Waals surface area contributed by atoms with Gasteiger partial charge in [0.05, 0.1) is 12.0 Å². The van der Waals surface area contributed by atoms with Gasteiger partial charge < -0.3 is 10.0 Å². The number of pyridine rings is 1. The van der Waals surface area contributed by atoms with E-state index in [1.165, 1.54) is 0 Å². The Morgan fingerprint density at radius 1 is 1.29 bits per heavy atom. The highest BCUT2D eigenvalue weighted by Gasteiger charge is 2.45. The molecular weight excluding hydrogens is 304 g/mol. The molecule has 2 aromatic rings. The lowest BCUT2D eigenvalue weighted by molar-refractivity contribution is -0.142. The Labute approximate surface area is 140 Å². The summed E-state index contributed by atoms with van der Waals surface area (Å²) in [6.07, 6.45) is 3.42. The van der Waals surface area contributed by atoms with E-state index in [2.05, 4.69) is 4.98 Å². The Bertz CT molecular complexity index is 773. The van der Waals surface area contributed by atoms with Crippen LogP contribution in [0.4, 0.5) is 0 Å². The lowest BCUT2D eigenvalue weighted by Crippen LogP contribution is -2.30. The number of carbonyl (C=O) groups is 2. The molecule has 1 saturated heterocycles. The molecule has 5 nitrogen and oxygen atoms in total. The van der Waals surface area contributed by atoms with E-state index >= 15 is 0 Å². The maximum atomic E-state index is 12.5. The van der Waals surface area contributed by atoms with Crippen LogP contribution in [0.25, 0.3) is 0 Å². The molecule has 3 rings (SSSR count). The fraction of sp³-hybridized carbons (Fsp3) is 0.316. The van der Waals surface area contributed by atoms with E-state index in [0.29, 0.717) is 6.54 Å². The minimum Gasteiger partial charge on any atom is -0.481 e. The number of aliphatic carboxylic acids is 1. The third kappa shape index (κ3) is 2.89. The summed E-state index contributed by atoms with van der Waals surface area (Å²) in [6, 6.07) is 9.11. The lowest BCUT2D eigenvalue weighted by Gasteiger charge is -2.29. The molecule has 0 spiro atoms. The first-order valence-electron chi connectivity index (χ1n) is 7.96. The molecule has 0 radical (unpaired) electrons. The highest BCUT2D eigenvalue weighted by atomic mass is 16.4. The van der Waals surface area contributed by atoms with E-state index in [1.807, 2.05) is 44.2 Å². The molecule has 124 valence electrons. The zero-order valence-electron chi connectivity index (χ0n) is 13.8. The molecule has 2 atom stereocenters. The van der Waals surface area contributed by atoms with Gasteiger partial charge in [-0.3, -0.25) is 14.6 Å². The minimum atomic E-state index is -0.928. The number of carbonyl (C=O) groups excluding carboxylic acids is 1. The average molecular weight is 324 g/mol. The van der Waals surface area contributed by atoms with Crippen LogP contribution < -0.4 is 0 Å². The molecule has 24 heavy (non-hydrogen) atoms. The zero-order chi connectivity index (χ0) is 17.3. The summed E-state index contributed by atoms with van der Waals surface area (Å²) >= 11 is 0. The number of aromatic nitrogens is 1. The Kier molecular flexibility index (Phi) is 4.34.